The molecule has 0 aliphatic carbocycles. The smallest absolute Gasteiger partial charge is 0.338 e. The third-order valence-electron chi connectivity index (χ3n) is 4.72. The second kappa shape index (κ2) is 9.11. The van der Waals surface area contributed by atoms with E-state index in [1.807, 2.05) is 0 Å². The Labute approximate surface area is 187 Å². The van der Waals surface area contributed by atoms with E-state index >= 15 is 0 Å². The van der Waals surface area contributed by atoms with Crippen LogP contribution in [-0.4, -0.2) is 36.2 Å². The molecule has 1 atom stereocenters. The van der Waals surface area contributed by atoms with Gasteiger partial charge in [0.2, 0.25) is 0 Å². The SMILES string of the molecule is CCOC(=O)C1=C(COC(=O)c2ccc3nc(Cl)ccc3c2)NC(=O)NC1c1ccco1. The molecule has 0 spiro atoms. The summed E-state index contributed by atoms with van der Waals surface area (Å²) in [6.45, 7) is 1.44. The van der Waals surface area contributed by atoms with Crippen LogP contribution in [0.25, 0.3) is 10.9 Å². The molecule has 164 valence electrons. The zero-order valence-corrected chi connectivity index (χ0v) is 17.6. The second-order valence-electron chi connectivity index (χ2n) is 6.78. The summed E-state index contributed by atoms with van der Waals surface area (Å²) < 4.78 is 15.9. The number of pyridine rings is 1. The van der Waals surface area contributed by atoms with Crippen molar-refractivity contribution in [2.45, 2.75) is 13.0 Å². The Morgan fingerprint density at radius 1 is 1.16 bits per heavy atom. The van der Waals surface area contributed by atoms with Crippen LogP contribution in [0.3, 0.4) is 0 Å². The van der Waals surface area contributed by atoms with Crippen LogP contribution in [0.4, 0.5) is 4.79 Å². The van der Waals surface area contributed by atoms with Gasteiger partial charge in [0.1, 0.15) is 23.6 Å². The van der Waals surface area contributed by atoms with Gasteiger partial charge < -0.3 is 24.5 Å². The van der Waals surface area contributed by atoms with Gasteiger partial charge in [0.15, 0.2) is 0 Å². The predicted molar refractivity (Wildman–Crippen MR) is 114 cm³/mol. The molecule has 0 saturated carbocycles. The van der Waals surface area contributed by atoms with Crippen LogP contribution < -0.4 is 10.6 Å². The van der Waals surface area contributed by atoms with Gasteiger partial charge in [0, 0.05) is 5.39 Å². The largest absolute Gasteiger partial charge is 0.467 e. The Morgan fingerprint density at radius 3 is 2.75 bits per heavy atom. The van der Waals surface area contributed by atoms with Crippen LogP contribution in [0.1, 0.15) is 29.1 Å². The molecule has 0 radical (unpaired) electrons. The highest BCUT2D eigenvalue weighted by Gasteiger charge is 2.35. The first kappa shape index (κ1) is 21.4. The van der Waals surface area contributed by atoms with E-state index < -0.39 is 24.0 Å². The number of nitrogens with zero attached hydrogens (tertiary/aromatic N) is 1. The maximum absolute atomic E-state index is 12.6. The first-order valence-corrected chi connectivity index (χ1v) is 10.1. The van der Waals surface area contributed by atoms with E-state index in [9.17, 15) is 14.4 Å². The Morgan fingerprint density at radius 2 is 2.00 bits per heavy atom. The normalized spacial score (nSPS) is 15.8. The number of ether oxygens (including phenoxy) is 2. The summed E-state index contributed by atoms with van der Waals surface area (Å²) in [5, 5.41) is 6.20. The van der Waals surface area contributed by atoms with Crippen molar-refractivity contribution < 1.29 is 28.3 Å². The van der Waals surface area contributed by atoms with Gasteiger partial charge in [-0.2, -0.15) is 0 Å². The van der Waals surface area contributed by atoms with Gasteiger partial charge in [-0.1, -0.05) is 11.6 Å². The fraction of sp³-hybridized carbons (Fsp3) is 0.182. The number of rotatable bonds is 6. The molecular formula is C22H18ClN3O6. The lowest BCUT2D eigenvalue weighted by Gasteiger charge is -2.27. The monoisotopic (exact) mass is 455 g/mol. The van der Waals surface area contributed by atoms with Gasteiger partial charge in [-0.3, -0.25) is 0 Å². The third-order valence-corrected chi connectivity index (χ3v) is 4.93. The molecule has 2 N–H and O–H groups in total. The molecule has 4 rings (SSSR count). The highest BCUT2D eigenvalue weighted by molar-refractivity contribution is 6.29. The standard InChI is InChI=1S/C22H18ClN3O6/c1-2-30-21(28)18-15(25-22(29)26-19(18)16-4-3-9-31-16)11-32-20(27)13-5-7-14-12(10-13)6-8-17(23)24-14/h3-10,19H,2,11H2,1H3,(H2,25,26,29). The molecule has 2 aromatic heterocycles. The molecule has 10 heteroatoms. The zero-order valence-electron chi connectivity index (χ0n) is 16.9. The lowest BCUT2D eigenvalue weighted by atomic mass is 10.0. The summed E-state index contributed by atoms with van der Waals surface area (Å²) in [6.07, 6.45) is 1.42. The Balaban J connectivity index is 1.60. The van der Waals surface area contributed by atoms with Crippen LogP contribution in [0, 0.1) is 0 Å². The Kier molecular flexibility index (Phi) is 6.09. The highest BCUT2D eigenvalue weighted by Crippen LogP contribution is 2.28. The number of amides is 2. The number of esters is 2. The number of carbonyl (C=O) groups is 3. The molecule has 0 fully saturated rings. The molecule has 3 aromatic rings. The molecule has 9 nitrogen and oxygen atoms in total. The lowest BCUT2D eigenvalue weighted by molar-refractivity contribution is -0.139. The van der Waals surface area contributed by atoms with E-state index in [1.165, 1.54) is 6.26 Å². The number of hydrogen-bond donors (Lipinski definition) is 2. The Hall–Kier alpha value is -3.85. The third kappa shape index (κ3) is 4.42. The van der Waals surface area contributed by atoms with Crippen molar-refractivity contribution in [1.29, 1.82) is 0 Å². The average molecular weight is 456 g/mol. The number of furan rings is 1. The van der Waals surface area contributed by atoms with Crippen molar-refractivity contribution in [1.82, 2.24) is 15.6 Å². The van der Waals surface area contributed by atoms with E-state index in [0.717, 1.165) is 0 Å². The summed E-state index contributed by atoms with van der Waals surface area (Å²) in [5.41, 5.74) is 1.11. The highest BCUT2D eigenvalue weighted by atomic mass is 35.5. The number of aromatic nitrogens is 1. The summed E-state index contributed by atoms with van der Waals surface area (Å²) in [4.78, 5) is 41.6. The quantitative estimate of drug-likeness (QED) is 0.431. The van der Waals surface area contributed by atoms with Crippen LogP contribution >= 0.6 is 11.6 Å². The van der Waals surface area contributed by atoms with E-state index in [0.29, 0.717) is 21.8 Å². The Bertz CT molecular complexity index is 1220. The summed E-state index contributed by atoms with van der Waals surface area (Å²) in [5.74, 6) is -0.964. The molecular weight excluding hydrogens is 438 g/mol. The first-order valence-electron chi connectivity index (χ1n) is 9.70. The fourth-order valence-corrected chi connectivity index (χ4v) is 3.45. The number of benzene rings is 1. The van der Waals surface area contributed by atoms with Crippen molar-refractivity contribution in [2.24, 2.45) is 0 Å². The van der Waals surface area contributed by atoms with E-state index in [-0.39, 0.29) is 30.0 Å². The number of hydrogen-bond acceptors (Lipinski definition) is 7. The van der Waals surface area contributed by atoms with Crippen LogP contribution in [0.15, 0.2) is 64.4 Å². The van der Waals surface area contributed by atoms with Gasteiger partial charge in [-0.15, -0.1) is 0 Å². The van der Waals surface area contributed by atoms with Gasteiger partial charge in [0.25, 0.3) is 0 Å². The van der Waals surface area contributed by atoms with Crippen molar-refractivity contribution in [3.63, 3.8) is 0 Å². The minimum Gasteiger partial charge on any atom is -0.467 e. The zero-order chi connectivity index (χ0) is 22.7. The number of fused-ring (bicyclic) bond motifs is 1. The van der Waals surface area contributed by atoms with Gasteiger partial charge in [0.05, 0.1) is 35.2 Å². The molecule has 1 aliphatic rings. The van der Waals surface area contributed by atoms with Gasteiger partial charge in [-0.05, 0) is 49.4 Å². The molecule has 0 saturated heterocycles. The second-order valence-corrected chi connectivity index (χ2v) is 7.16. The van der Waals surface area contributed by atoms with E-state index in [2.05, 4.69) is 15.6 Å². The average Bonchev–Trinajstić information content (AvgIpc) is 3.31. The number of urea groups is 1. The lowest BCUT2D eigenvalue weighted by Crippen LogP contribution is -2.47. The maximum Gasteiger partial charge on any atom is 0.338 e. The van der Waals surface area contributed by atoms with Crippen molar-refractivity contribution >= 4 is 40.5 Å². The van der Waals surface area contributed by atoms with Crippen molar-refractivity contribution in [2.75, 3.05) is 13.2 Å². The number of nitrogens with one attached hydrogen (secondary N) is 2. The van der Waals surface area contributed by atoms with Crippen molar-refractivity contribution in [3.8, 4) is 0 Å². The molecule has 2 amide bonds. The molecule has 1 aromatic carbocycles. The van der Waals surface area contributed by atoms with Crippen LogP contribution in [-0.2, 0) is 14.3 Å². The molecule has 1 unspecified atom stereocenters. The first-order chi connectivity index (χ1) is 15.5. The van der Waals surface area contributed by atoms with Gasteiger partial charge >= 0.3 is 18.0 Å². The summed E-state index contributed by atoms with van der Waals surface area (Å²) >= 11 is 5.89. The van der Waals surface area contributed by atoms with Crippen LogP contribution in [0.5, 0.6) is 0 Å². The number of halogens is 1. The van der Waals surface area contributed by atoms with Crippen molar-refractivity contribution in [3.05, 3.63) is 76.5 Å². The summed E-state index contributed by atoms with van der Waals surface area (Å²) in [7, 11) is 0. The predicted octanol–water partition coefficient (Wildman–Crippen LogP) is 3.51. The van der Waals surface area contributed by atoms with Crippen LogP contribution in [0.2, 0.25) is 5.15 Å². The number of carbonyl (C=O) groups excluding carboxylic acids is 3. The molecule has 1 aliphatic heterocycles. The van der Waals surface area contributed by atoms with E-state index in [1.54, 1.807) is 49.4 Å². The summed E-state index contributed by atoms with van der Waals surface area (Å²) in [6, 6.07) is 9.98. The topological polar surface area (TPSA) is 120 Å². The maximum atomic E-state index is 12.6. The molecule has 3 heterocycles. The minimum atomic E-state index is -0.886. The van der Waals surface area contributed by atoms with E-state index in [4.69, 9.17) is 25.5 Å². The van der Waals surface area contributed by atoms with Gasteiger partial charge in [-0.25, -0.2) is 19.4 Å². The molecule has 0 bridgehead atoms. The minimum absolute atomic E-state index is 0.0894. The molecule has 32 heavy (non-hydrogen) atoms. The fourth-order valence-electron chi connectivity index (χ4n) is 3.30.